The molecule has 1 nitrogen and oxygen atoms in total. The molecule has 0 radical (unpaired) electrons. The van der Waals surface area contributed by atoms with E-state index in [0.29, 0.717) is 6.04 Å². The van der Waals surface area contributed by atoms with E-state index in [4.69, 9.17) is 0 Å². The van der Waals surface area contributed by atoms with Gasteiger partial charge in [-0.3, -0.25) is 0 Å². The van der Waals surface area contributed by atoms with E-state index in [1.54, 1.807) is 0 Å². The third kappa shape index (κ3) is 4.42. The second-order valence-corrected chi connectivity index (χ2v) is 8.16. The molecule has 0 amide bonds. The predicted octanol–water partition coefficient (Wildman–Crippen LogP) is 5.55. The van der Waals surface area contributed by atoms with Crippen LogP contribution in [-0.4, -0.2) is 6.54 Å². The van der Waals surface area contributed by atoms with E-state index in [2.05, 4.69) is 58.7 Å². The van der Waals surface area contributed by atoms with Crippen LogP contribution in [0.3, 0.4) is 0 Å². The molecule has 2 aromatic heterocycles. The van der Waals surface area contributed by atoms with Gasteiger partial charge in [-0.1, -0.05) is 13.0 Å². The van der Waals surface area contributed by atoms with Crippen LogP contribution in [0.5, 0.6) is 0 Å². The van der Waals surface area contributed by atoms with Gasteiger partial charge in [0.1, 0.15) is 0 Å². The van der Waals surface area contributed by atoms with E-state index < -0.39 is 0 Å². The maximum Gasteiger partial charge on any atom is 0.0731 e. The normalized spacial score (nSPS) is 12.8. The largest absolute Gasteiger partial charge is 0.309 e. The number of thiophene rings is 2. The SMILES string of the molecule is CCCNC(CCc1cccs1)c1cc(C)c(Br)s1. The van der Waals surface area contributed by atoms with E-state index in [1.165, 1.54) is 31.9 Å². The van der Waals surface area contributed by atoms with Gasteiger partial charge in [0.05, 0.1) is 3.79 Å². The number of nitrogens with one attached hydrogen (secondary N) is 1. The van der Waals surface area contributed by atoms with Crippen LogP contribution >= 0.6 is 38.6 Å². The Morgan fingerprint density at radius 2 is 2.26 bits per heavy atom. The van der Waals surface area contributed by atoms with Gasteiger partial charge >= 0.3 is 0 Å². The van der Waals surface area contributed by atoms with Crippen molar-refractivity contribution in [2.75, 3.05) is 6.54 Å². The predicted molar refractivity (Wildman–Crippen MR) is 90.4 cm³/mol. The number of halogens is 1. The van der Waals surface area contributed by atoms with E-state index in [0.717, 1.165) is 13.0 Å². The molecule has 0 aliphatic heterocycles. The number of hydrogen-bond donors (Lipinski definition) is 1. The molecule has 19 heavy (non-hydrogen) atoms. The summed E-state index contributed by atoms with van der Waals surface area (Å²) in [5, 5.41) is 5.85. The van der Waals surface area contributed by atoms with Crippen LogP contribution in [0.1, 0.15) is 41.1 Å². The molecule has 1 N–H and O–H groups in total. The van der Waals surface area contributed by atoms with Gasteiger partial charge in [-0.2, -0.15) is 0 Å². The number of aryl methyl sites for hydroxylation is 2. The van der Waals surface area contributed by atoms with Crippen molar-refractivity contribution in [2.24, 2.45) is 0 Å². The second kappa shape index (κ2) is 7.58. The summed E-state index contributed by atoms with van der Waals surface area (Å²) in [6.45, 7) is 5.48. The molecule has 2 rings (SSSR count). The fourth-order valence-corrected chi connectivity index (χ4v) is 4.47. The maximum absolute atomic E-state index is 3.68. The third-order valence-electron chi connectivity index (χ3n) is 3.12. The zero-order valence-corrected chi connectivity index (χ0v) is 14.6. The molecule has 1 unspecified atom stereocenters. The number of hydrogen-bond acceptors (Lipinski definition) is 3. The highest BCUT2D eigenvalue weighted by Crippen LogP contribution is 2.33. The van der Waals surface area contributed by atoms with Crippen molar-refractivity contribution in [2.45, 2.75) is 39.2 Å². The summed E-state index contributed by atoms with van der Waals surface area (Å²) in [6, 6.07) is 7.17. The molecule has 0 saturated carbocycles. The average Bonchev–Trinajstić information content (AvgIpc) is 3.01. The van der Waals surface area contributed by atoms with Gasteiger partial charge in [0.25, 0.3) is 0 Å². The standard InChI is InChI=1S/C15H20BrNS2/c1-3-8-17-13(7-6-12-5-4-9-18-12)14-10-11(2)15(16)19-14/h4-5,9-10,13,17H,3,6-8H2,1-2H3. The molecule has 4 heteroatoms. The van der Waals surface area contributed by atoms with E-state index >= 15 is 0 Å². The molecular weight excluding hydrogens is 338 g/mol. The van der Waals surface area contributed by atoms with Gasteiger partial charge in [-0.15, -0.1) is 22.7 Å². The van der Waals surface area contributed by atoms with Gasteiger partial charge in [0, 0.05) is 15.8 Å². The molecular formula is C15H20BrNS2. The Hall–Kier alpha value is -0.160. The summed E-state index contributed by atoms with van der Waals surface area (Å²) in [6.07, 6.45) is 3.52. The van der Waals surface area contributed by atoms with Crippen LogP contribution in [0.4, 0.5) is 0 Å². The van der Waals surface area contributed by atoms with Crippen LogP contribution in [0.2, 0.25) is 0 Å². The Balaban J connectivity index is 2.02. The fourth-order valence-electron chi connectivity index (χ4n) is 2.06. The van der Waals surface area contributed by atoms with Gasteiger partial charge in [0.15, 0.2) is 0 Å². The molecule has 2 heterocycles. The monoisotopic (exact) mass is 357 g/mol. The highest BCUT2D eigenvalue weighted by atomic mass is 79.9. The van der Waals surface area contributed by atoms with Crippen molar-refractivity contribution in [3.8, 4) is 0 Å². The van der Waals surface area contributed by atoms with Gasteiger partial charge in [-0.05, 0) is 71.7 Å². The zero-order valence-electron chi connectivity index (χ0n) is 11.4. The highest BCUT2D eigenvalue weighted by molar-refractivity contribution is 9.11. The first-order chi connectivity index (χ1) is 9.20. The molecule has 2 aromatic rings. The van der Waals surface area contributed by atoms with Crippen molar-refractivity contribution < 1.29 is 0 Å². The summed E-state index contributed by atoms with van der Waals surface area (Å²) < 4.78 is 1.27. The van der Waals surface area contributed by atoms with Crippen LogP contribution in [0.15, 0.2) is 27.4 Å². The molecule has 1 atom stereocenters. The van der Waals surface area contributed by atoms with Gasteiger partial charge in [0.2, 0.25) is 0 Å². The van der Waals surface area contributed by atoms with Crippen molar-refractivity contribution in [3.05, 3.63) is 42.7 Å². The molecule has 0 aliphatic rings. The average molecular weight is 358 g/mol. The summed E-state index contributed by atoms with van der Waals surface area (Å²) in [5.74, 6) is 0. The molecule has 0 aromatic carbocycles. The third-order valence-corrected chi connectivity index (χ3v) is 6.31. The maximum atomic E-state index is 3.68. The van der Waals surface area contributed by atoms with Crippen molar-refractivity contribution in [1.82, 2.24) is 5.32 Å². The van der Waals surface area contributed by atoms with Crippen LogP contribution in [0.25, 0.3) is 0 Å². The molecule has 0 saturated heterocycles. The first-order valence-corrected chi connectivity index (χ1v) is 9.21. The summed E-state index contributed by atoms with van der Waals surface area (Å²) in [5.41, 5.74) is 1.35. The molecule has 0 fully saturated rings. The second-order valence-electron chi connectivity index (χ2n) is 4.73. The smallest absolute Gasteiger partial charge is 0.0731 e. The topological polar surface area (TPSA) is 12.0 Å². The lowest BCUT2D eigenvalue weighted by molar-refractivity contribution is 0.507. The first kappa shape index (κ1) is 15.2. The van der Waals surface area contributed by atoms with Gasteiger partial charge < -0.3 is 5.32 Å². The van der Waals surface area contributed by atoms with E-state index in [1.807, 2.05) is 22.7 Å². The van der Waals surface area contributed by atoms with E-state index in [-0.39, 0.29) is 0 Å². The highest BCUT2D eigenvalue weighted by Gasteiger charge is 2.15. The van der Waals surface area contributed by atoms with Crippen LogP contribution < -0.4 is 5.32 Å². The fraction of sp³-hybridized carbons (Fsp3) is 0.467. The number of rotatable bonds is 7. The Morgan fingerprint density at radius 1 is 1.42 bits per heavy atom. The minimum atomic E-state index is 0.483. The summed E-state index contributed by atoms with van der Waals surface area (Å²) in [7, 11) is 0. The first-order valence-electron chi connectivity index (χ1n) is 6.72. The lowest BCUT2D eigenvalue weighted by atomic mass is 10.1. The van der Waals surface area contributed by atoms with Crippen molar-refractivity contribution >= 4 is 38.6 Å². The Morgan fingerprint density at radius 3 is 2.84 bits per heavy atom. The van der Waals surface area contributed by atoms with Crippen molar-refractivity contribution in [1.29, 1.82) is 0 Å². The molecule has 0 aliphatic carbocycles. The Labute approximate surface area is 132 Å². The van der Waals surface area contributed by atoms with E-state index in [9.17, 15) is 0 Å². The lowest BCUT2D eigenvalue weighted by Gasteiger charge is -2.16. The molecule has 0 spiro atoms. The molecule has 0 bridgehead atoms. The Kier molecular flexibility index (Phi) is 6.07. The summed E-state index contributed by atoms with van der Waals surface area (Å²) in [4.78, 5) is 2.94. The lowest BCUT2D eigenvalue weighted by Crippen LogP contribution is -2.21. The molecule has 104 valence electrons. The van der Waals surface area contributed by atoms with Crippen LogP contribution in [0, 0.1) is 6.92 Å². The zero-order chi connectivity index (χ0) is 13.7. The minimum Gasteiger partial charge on any atom is -0.309 e. The summed E-state index contributed by atoms with van der Waals surface area (Å²) >= 11 is 7.36. The minimum absolute atomic E-state index is 0.483. The Bertz CT molecular complexity index is 471. The van der Waals surface area contributed by atoms with Crippen LogP contribution in [-0.2, 0) is 6.42 Å². The van der Waals surface area contributed by atoms with Gasteiger partial charge in [-0.25, -0.2) is 0 Å². The van der Waals surface area contributed by atoms with Crippen molar-refractivity contribution in [3.63, 3.8) is 0 Å². The quantitative estimate of drug-likeness (QED) is 0.684.